The first-order chi connectivity index (χ1) is 14.8. The van der Waals surface area contributed by atoms with Crippen LogP contribution in [0.2, 0.25) is 0 Å². The van der Waals surface area contributed by atoms with Crippen molar-refractivity contribution in [1.82, 2.24) is 10.3 Å². The summed E-state index contributed by atoms with van der Waals surface area (Å²) in [5, 5.41) is 2.96. The Morgan fingerprint density at radius 3 is 2.45 bits per heavy atom. The number of hydrogen-bond acceptors (Lipinski definition) is 4. The minimum Gasteiger partial charge on any atom is -0.388 e. The molecule has 0 atom stereocenters. The van der Waals surface area contributed by atoms with Gasteiger partial charge in [-0.2, -0.15) is 0 Å². The third-order valence-corrected chi connectivity index (χ3v) is 4.40. The van der Waals surface area contributed by atoms with E-state index in [9.17, 15) is 9.18 Å². The van der Waals surface area contributed by atoms with E-state index in [1.54, 1.807) is 27.3 Å². The van der Waals surface area contributed by atoms with E-state index in [1.165, 1.54) is 25.0 Å². The molecule has 1 aliphatic rings. The molecule has 0 bridgehead atoms. The van der Waals surface area contributed by atoms with E-state index in [-0.39, 0.29) is 11.7 Å². The molecule has 1 fully saturated rings. The number of halogens is 1. The van der Waals surface area contributed by atoms with Gasteiger partial charge in [0, 0.05) is 40.6 Å². The van der Waals surface area contributed by atoms with Crippen LogP contribution in [0.3, 0.4) is 0 Å². The normalized spacial score (nSPS) is 12.8. The van der Waals surface area contributed by atoms with Crippen molar-refractivity contribution in [2.24, 2.45) is 5.92 Å². The van der Waals surface area contributed by atoms with Crippen LogP contribution in [-0.2, 0) is 9.53 Å². The number of nitrogens with one attached hydrogen (secondary N) is 1. The summed E-state index contributed by atoms with van der Waals surface area (Å²) >= 11 is 0. The van der Waals surface area contributed by atoms with E-state index >= 15 is 0 Å². The van der Waals surface area contributed by atoms with Gasteiger partial charge in [-0.15, -0.1) is 0 Å². The SMILES string of the molecule is C=C(C(=O)NCC1CC1)c1nccc(C)c1N(C)C/C=C/C.C=C/C(F)=C\C.COC. The van der Waals surface area contributed by atoms with Gasteiger partial charge in [0.2, 0.25) is 0 Å². The van der Waals surface area contributed by atoms with Crippen LogP contribution in [0.25, 0.3) is 5.57 Å². The fourth-order valence-electron chi connectivity index (χ4n) is 2.50. The van der Waals surface area contributed by atoms with Gasteiger partial charge < -0.3 is 15.0 Å². The van der Waals surface area contributed by atoms with Crippen LogP contribution < -0.4 is 10.2 Å². The van der Waals surface area contributed by atoms with Crippen LogP contribution in [0, 0.1) is 12.8 Å². The van der Waals surface area contributed by atoms with Crippen molar-refractivity contribution in [3.63, 3.8) is 0 Å². The summed E-state index contributed by atoms with van der Waals surface area (Å²) in [6, 6.07) is 1.96. The number of carbonyl (C=O) groups is 1. The molecule has 0 aromatic carbocycles. The highest BCUT2D eigenvalue weighted by Crippen LogP contribution is 2.29. The number of rotatable bonds is 8. The van der Waals surface area contributed by atoms with E-state index in [4.69, 9.17) is 0 Å². The topological polar surface area (TPSA) is 54.5 Å². The van der Waals surface area contributed by atoms with E-state index in [1.807, 2.05) is 33.0 Å². The first kappa shape index (κ1) is 28.3. The molecule has 1 aliphatic carbocycles. The number of methoxy groups -OCH3 is 1. The second kappa shape index (κ2) is 16.0. The second-order valence-electron chi connectivity index (χ2n) is 7.19. The number of aryl methyl sites for hydroxylation is 1. The maximum atomic E-state index is 12.3. The van der Waals surface area contributed by atoms with Gasteiger partial charge >= 0.3 is 0 Å². The van der Waals surface area contributed by atoms with Gasteiger partial charge in [-0.25, -0.2) is 4.39 Å². The lowest BCUT2D eigenvalue weighted by Gasteiger charge is -2.23. The monoisotopic (exact) mass is 431 g/mol. The molecular formula is C25H38FN3O2. The minimum absolute atomic E-state index is 0.120. The lowest BCUT2D eigenvalue weighted by atomic mass is 10.1. The van der Waals surface area contributed by atoms with E-state index in [0.29, 0.717) is 17.2 Å². The largest absolute Gasteiger partial charge is 0.388 e. The van der Waals surface area contributed by atoms with Crippen LogP contribution in [0.4, 0.5) is 10.1 Å². The Balaban J connectivity index is 0.000000848. The number of anilines is 1. The number of likely N-dealkylation sites (N-methyl/N-ethyl adjacent to an activating group) is 1. The third kappa shape index (κ3) is 11.3. The van der Waals surface area contributed by atoms with Gasteiger partial charge in [-0.3, -0.25) is 9.78 Å². The lowest BCUT2D eigenvalue weighted by Crippen LogP contribution is -2.28. The summed E-state index contributed by atoms with van der Waals surface area (Å²) < 4.78 is 15.9. The van der Waals surface area contributed by atoms with Crippen molar-refractivity contribution in [2.45, 2.75) is 33.6 Å². The van der Waals surface area contributed by atoms with Gasteiger partial charge in [0.15, 0.2) is 0 Å². The molecule has 1 amide bonds. The van der Waals surface area contributed by atoms with Crippen molar-refractivity contribution in [3.05, 3.63) is 66.8 Å². The Kier molecular flexibility index (Phi) is 14.6. The molecule has 1 N–H and O–H groups in total. The first-order valence-electron chi connectivity index (χ1n) is 10.4. The predicted molar refractivity (Wildman–Crippen MR) is 130 cm³/mol. The summed E-state index contributed by atoms with van der Waals surface area (Å²) in [6.45, 7) is 14.3. The minimum atomic E-state index is -0.269. The van der Waals surface area contributed by atoms with Gasteiger partial charge in [-0.05, 0) is 57.2 Å². The summed E-state index contributed by atoms with van der Waals surface area (Å²) in [6.07, 6.45) is 10.8. The van der Waals surface area contributed by atoms with Crippen LogP contribution in [0.15, 0.2) is 55.6 Å². The van der Waals surface area contributed by atoms with Gasteiger partial charge in [0.25, 0.3) is 5.91 Å². The maximum absolute atomic E-state index is 12.3. The number of carbonyl (C=O) groups excluding carboxylic acids is 1. The van der Waals surface area contributed by atoms with Crippen LogP contribution in [0.1, 0.15) is 37.9 Å². The molecule has 31 heavy (non-hydrogen) atoms. The number of amides is 1. The van der Waals surface area contributed by atoms with Crippen molar-refractivity contribution in [2.75, 3.05) is 39.3 Å². The highest BCUT2D eigenvalue weighted by Gasteiger charge is 2.23. The van der Waals surface area contributed by atoms with E-state index in [0.717, 1.165) is 24.3 Å². The number of hydrogen-bond donors (Lipinski definition) is 1. The van der Waals surface area contributed by atoms with Crippen LogP contribution in [-0.4, -0.2) is 45.2 Å². The summed E-state index contributed by atoms with van der Waals surface area (Å²) in [5.74, 6) is 0.264. The van der Waals surface area contributed by atoms with Crippen molar-refractivity contribution in [1.29, 1.82) is 0 Å². The molecule has 1 aromatic heterocycles. The molecular weight excluding hydrogens is 393 g/mol. The first-order valence-corrected chi connectivity index (χ1v) is 10.4. The zero-order chi connectivity index (χ0) is 23.8. The molecule has 2 rings (SSSR count). The van der Waals surface area contributed by atoms with Crippen molar-refractivity contribution < 1.29 is 13.9 Å². The van der Waals surface area contributed by atoms with Crippen LogP contribution >= 0.6 is 0 Å². The maximum Gasteiger partial charge on any atom is 0.252 e. The fourth-order valence-corrected chi connectivity index (χ4v) is 2.50. The van der Waals surface area contributed by atoms with Gasteiger partial charge in [-0.1, -0.05) is 31.4 Å². The number of allylic oxidation sites excluding steroid dienone is 4. The summed E-state index contributed by atoms with van der Waals surface area (Å²) in [4.78, 5) is 18.8. The standard InChI is InChI=1S/C18H25N3O.C5H7F.C2H6O/c1-5-6-11-21(4)17-13(2)9-10-19-16(17)14(3)18(22)20-12-15-7-8-15;1-3-5(6)4-2;1-3-2/h5-6,9-10,15H,3,7-8,11-12H2,1-2,4H3,(H,20,22);3-4H,1H2,2H3;1-2H3/b6-5+;5-4+;. The molecule has 0 radical (unpaired) electrons. The Hall–Kier alpha value is -2.73. The van der Waals surface area contributed by atoms with Gasteiger partial charge in [0.05, 0.1) is 17.0 Å². The molecule has 6 heteroatoms. The smallest absolute Gasteiger partial charge is 0.252 e. The van der Waals surface area contributed by atoms with Crippen LogP contribution in [0.5, 0.6) is 0 Å². The molecule has 1 aromatic rings. The van der Waals surface area contributed by atoms with Gasteiger partial charge in [0.1, 0.15) is 5.83 Å². The quantitative estimate of drug-likeness (QED) is 0.347. The highest BCUT2D eigenvalue weighted by atomic mass is 19.1. The average molecular weight is 432 g/mol. The molecule has 0 aliphatic heterocycles. The molecule has 0 saturated heterocycles. The highest BCUT2D eigenvalue weighted by molar-refractivity contribution is 6.19. The number of pyridine rings is 1. The molecule has 1 saturated carbocycles. The number of ether oxygens (including phenoxy) is 1. The lowest BCUT2D eigenvalue weighted by molar-refractivity contribution is -0.115. The van der Waals surface area contributed by atoms with E-state index in [2.05, 4.69) is 39.2 Å². The fraction of sp³-hybridized carbons (Fsp3) is 0.440. The molecule has 0 unspecified atom stereocenters. The molecule has 5 nitrogen and oxygen atoms in total. The predicted octanol–water partition coefficient (Wildman–Crippen LogP) is 5.25. The second-order valence-corrected chi connectivity index (χ2v) is 7.19. The average Bonchev–Trinajstić information content (AvgIpc) is 3.60. The Morgan fingerprint density at radius 2 is 2.00 bits per heavy atom. The number of nitrogens with zero attached hydrogens (tertiary/aromatic N) is 2. The molecule has 1 heterocycles. The Labute approximate surface area is 187 Å². The third-order valence-electron chi connectivity index (χ3n) is 4.40. The number of aromatic nitrogens is 1. The Bertz CT molecular complexity index is 768. The zero-order valence-electron chi connectivity index (χ0n) is 19.9. The van der Waals surface area contributed by atoms with Crippen molar-refractivity contribution >= 4 is 17.2 Å². The Morgan fingerprint density at radius 1 is 1.39 bits per heavy atom. The summed E-state index contributed by atoms with van der Waals surface area (Å²) in [5.41, 5.74) is 3.16. The molecule has 172 valence electrons. The summed E-state index contributed by atoms with van der Waals surface area (Å²) in [7, 11) is 5.25. The van der Waals surface area contributed by atoms with E-state index < -0.39 is 0 Å². The zero-order valence-corrected chi connectivity index (χ0v) is 19.9. The molecule has 0 spiro atoms. The van der Waals surface area contributed by atoms with Crippen molar-refractivity contribution in [3.8, 4) is 0 Å².